The summed E-state index contributed by atoms with van der Waals surface area (Å²) in [6.45, 7) is 6.38. The molecule has 0 aromatic rings. The van der Waals surface area contributed by atoms with E-state index >= 15 is 0 Å². The summed E-state index contributed by atoms with van der Waals surface area (Å²) in [5.74, 6) is 0.289. The predicted molar refractivity (Wildman–Crippen MR) is 75.4 cm³/mol. The van der Waals surface area contributed by atoms with E-state index in [4.69, 9.17) is 5.73 Å². The number of hydrogen-bond donors (Lipinski definition) is 1. The molecule has 0 bridgehead atoms. The van der Waals surface area contributed by atoms with Gasteiger partial charge in [0, 0.05) is 32.6 Å². The lowest BCUT2D eigenvalue weighted by Crippen LogP contribution is -2.45. The highest BCUT2D eigenvalue weighted by atomic mass is 16.2. The highest BCUT2D eigenvalue weighted by Gasteiger charge is 2.24. The summed E-state index contributed by atoms with van der Waals surface area (Å²) < 4.78 is 0. The third-order valence-electron chi connectivity index (χ3n) is 3.88. The summed E-state index contributed by atoms with van der Waals surface area (Å²) in [4.78, 5) is 16.5. The van der Waals surface area contributed by atoms with Gasteiger partial charge >= 0.3 is 0 Å². The molecular weight excluding hydrogens is 226 g/mol. The van der Waals surface area contributed by atoms with E-state index in [9.17, 15) is 4.79 Å². The van der Waals surface area contributed by atoms with Crippen molar-refractivity contribution in [3.05, 3.63) is 0 Å². The minimum absolute atomic E-state index is 0.289. The zero-order valence-electron chi connectivity index (χ0n) is 12.0. The highest BCUT2D eigenvalue weighted by molar-refractivity contribution is 5.76. The quantitative estimate of drug-likeness (QED) is 0.701. The van der Waals surface area contributed by atoms with Crippen molar-refractivity contribution in [2.24, 2.45) is 5.73 Å². The number of piperidine rings is 1. The van der Waals surface area contributed by atoms with Crippen LogP contribution in [0.2, 0.25) is 0 Å². The summed E-state index contributed by atoms with van der Waals surface area (Å²) in [5, 5.41) is 0. The molecule has 4 heteroatoms. The van der Waals surface area contributed by atoms with Crippen LogP contribution in [0, 0.1) is 0 Å². The van der Waals surface area contributed by atoms with Crippen LogP contribution in [0.25, 0.3) is 0 Å². The van der Waals surface area contributed by atoms with Gasteiger partial charge in [0.1, 0.15) is 0 Å². The molecule has 2 N–H and O–H groups in total. The number of hydrogen-bond acceptors (Lipinski definition) is 3. The van der Waals surface area contributed by atoms with Crippen molar-refractivity contribution in [1.29, 1.82) is 0 Å². The number of carbonyl (C=O) groups excluding carboxylic acids is 1. The molecule has 0 unspecified atom stereocenters. The maximum absolute atomic E-state index is 12.0. The molecule has 1 heterocycles. The largest absolute Gasteiger partial charge is 0.343 e. The number of nitrogens with zero attached hydrogens (tertiary/aromatic N) is 2. The van der Waals surface area contributed by atoms with Crippen molar-refractivity contribution in [3.63, 3.8) is 0 Å². The van der Waals surface area contributed by atoms with Crippen LogP contribution in [-0.2, 0) is 4.79 Å². The van der Waals surface area contributed by atoms with Crippen LogP contribution >= 0.6 is 0 Å². The van der Waals surface area contributed by atoms with Crippen molar-refractivity contribution in [1.82, 2.24) is 9.80 Å². The molecule has 4 nitrogen and oxygen atoms in total. The van der Waals surface area contributed by atoms with Gasteiger partial charge in [-0.1, -0.05) is 6.92 Å². The van der Waals surface area contributed by atoms with E-state index in [2.05, 4.69) is 11.8 Å². The lowest BCUT2D eigenvalue weighted by atomic mass is 10.0. The molecule has 0 atom stereocenters. The van der Waals surface area contributed by atoms with Crippen molar-refractivity contribution < 1.29 is 4.79 Å². The van der Waals surface area contributed by atoms with Gasteiger partial charge in [0.2, 0.25) is 5.91 Å². The van der Waals surface area contributed by atoms with Crippen molar-refractivity contribution >= 4 is 5.91 Å². The van der Waals surface area contributed by atoms with Crippen molar-refractivity contribution in [3.8, 4) is 0 Å². The summed E-state index contributed by atoms with van der Waals surface area (Å²) in [7, 11) is 1.96. The first-order valence-electron chi connectivity index (χ1n) is 7.37. The predicted octanol–water partition coefficient (Wildman–Crippen LogP) is 1.45. The van der Waals surface area contributed by atoms with Crippen LogP contribution in [0.1, 0.15) is 45.4 Å². The van der Waals surface area contributed by atoms with Gasteiger partial charge < -0.3 is 15.5 Å². The summed E-state index contributed by atoms with van der Waals surface area (Å²) in [6.07, 6.45) is 6.00. The summed E-state index contributed by atoms with van der Waals surface area (Å²) in [6, 6.07) is 0.448. The first kappa shape index (κ1) is 15.4. The zero-order valence-corrected chi connectivity index (χ0v) is 12.0. The van der Waals surface area contributed by atoms with Crippen LogP contribution in [-0.4, -0.2) is 55.0 Å². The molecule has 1 saturated heterocycles. The second kappa shape index (κ2) is 8.48. The Morgan fingerprint density at radius 2 is 2.00 bits per heavy atom. The molecule has 1 aliphatic rings. The zero-order chi connectivity index (χ0) is 13.4. The first-order chi connectivity index (χ1) is 8.69. The minimum Gasteiger partial charge on any atom is -0.343 e. The highest BCUT2D eigenvalue weighted by Crippen LogP contribution is 2.16. The van der Waals surface area contributed by atoms with Gasteiger partial charge in [0.15, 0.2) is 0 Å². The van der Waals surface area contributed by atoms with E-state index in [0.29, 0.717) is 19.0 Å². The Morgan fingerprint density at radius 3 is 2.56 bits per heavy atom. The Labute approximate surface area is 111 Å². The lowest BCUT2D eigenvalue weighted by molar-refractivity contribution is -0.132. The average Bonchev–Trinajstić information content (AvgIpc) is 2.39. The average molecular weight is 255 g/mol. The van der Waals surface area contributed by atoms with Gasteiger partial charge in [-0.2, -0.15) is 0 Å². The third kappa shape index (κ3) is 4.94. The maximum Gasteiger partial charge on any atom is 0.222 e. The number of likely N-dealkylation sites (tertiary alicyclic amines) is 1. The van der Waals surface area contributed by atoms with Crippen molar-refractivity contribution in [2.75, 3.05) is 33.2 Å². The number of carbonyl (C=O) groups is 1. The fourth-order valence-corrected chi connectivity index (χ4v) is 2.65. The molecular formula is C14H29N3O. The number of amides is 1. The Hall–Kier alpha value is -0.610. The molecule has 1 rings (SSSR count). The molecule has 18 heavy (non-hydrogen) atoms. The van der Waals surface area contributed by atoms with Gasteiger partial charge in [-0.25, -0.2) is 0 Å². The van der Waals surface area contributed by atoms with E-state index in [1.807, 2.05) is 11.9 Å². The van der Waals surface area contributed by atoms with E-state index in [1.165, 1.54) is 13.0 Å². The second-order valence-electron chi connectivity index (χ2n) is 5.32. The standard InChI is InChI=1S/C14H29N3O/c1-3-10-17-11-7-13(8-12-17)16(2)14(18)6-4-5-9-15/h13H,3-12,15H2,1-2H3. The Bertz CT molecular complexity index is 237. The van der Waals surface area contributed by atoms with Gasteiger partial charge in [0.05, 0.1) is 0 Å². The number of nitrogens with two attached hydrogens (primary N) is 1. The molecule has 0 aromatic carbocycles. The SMILES string of the molecule is CCCN1CCC(N(C)C(=O)CCCCN)CC1. The Balaban J connectivity index is 2.26. The number of rotatable bonds is 7. The topological polar surface area (TPSA) is 49.6 Å². The lowest BCUT2D eigenvalue weighted by Gasteiger charge is -2.36. The molecule has 1 aliphatic heterocycles. The van der Waals surface area contributed by atoms with Gasteiger partial charge in [-0.3, -0.25) is 4.79 Å². The molecule has 1 fully saturated rings. The molecule has 0 saturated carbocycles. The van der Waals surface area contributed by atoms with Crippen LogP contribution < -0.4 is 5.73 Å². The van der Waals surface area contributed by atoms with Crippen LogP contribution in [0.3, 0.4) is 0 Å². The second-order valence-corrected chi connectivity index (χ2v) is 5.32. The normalized spacial score (nSPS) is 17.9. The fourth-order valence-electron chi connectivity index (χ4n) is 2.65. The third-order valence-corrected chi connectivity index (χ3v) is 3.88. The molecule has 0 spiro atoms. The number of unbranched alkanes of at least 4 members (excludes halogenated alkanes) is 1. The van der Waals surface area contributed by atoms with Crippen LogP contribution in [0.15, 0.2) is 0 Å². The Kier molecular flexibility index (Phi) is 7.28. The molecule has 106 valence electrons. The van der Waals surface area contributed by atoms with E-state index in [-0.39, 0.29) is 5.91 Å². The first-order valence-corrected chi connectivity index (χ1v) is 7.37. The molecule has 0 radical (unpaired) electrons. The van der Waals surface area contributed by atoms with Gasteiger partial charge in [-0.15, -0.1) is 0 Å². The minimum atomic E-state index is 0.289. The molecule has 0 aliphatic carbocycles. The molecule has 1 amide bonds. The smallest absolute Gasteiger partial charge is 0.222 e. The van der Waals surface area contributed by atoms with Crippen molar-refractivity contribution in [2.45, 2.75) is 51.5 Å². The van der Waals surface area contributed by atoms with E-state index in [0.717, 1.165) is 38.8 Å². The maximum atomic E-state index is 12.0. The van der Waals surface area contributed by atoms with Gasteiger partial charge in [-0.05, 0) is 45.2 Å². The Morgan fingerprint density at radius 1 is 1.33 bits per heavy atom. The van der Waals surface area contributed by atoms with E-state index in [1.54, 1.807) is 0 Å². The van der Waals surface area contributed by atoms with Crippen LogP contribution in [0.4, 0.5) is 0 Å². The molecule has 0 aromatic heterocycles. The van der Waals surface area contributed by atoms with E-state index < -0.39 is 0 Å². The van der Waals surface area contributed by atoms with Gasteiger partial charge in [0.25, 0.3) is 0 Å². The summed E-state index contributed by atoms with van der Waals surface area (Å²) in [5.41, 5.74) is 5.45. The summed E-state index contributed by atoms with van der Waals surface area (Å²) >= 11 is 0. The fraction of sp³-hybridized carbons (Fsp3) is 0.929. The monoisotopic (exact) mass is 255 g/mol. The van der Waals surface area contributed by atoms with Crippen LogP contribution in [0.5, 0.6) is 0 Å².